The maximum absolute atomic E-state index is 13.8. The van der Waals surface area contributed by atoms with Crippen molar-refractivity contribution < 1.29 is 9.18 Å². The summed E-state index contributed by atoms with van der Waals surface area (Å²) in [6.45, 7) is 5.18. The predicted molar refractivity (Wildman–Crippen MR) is 80.6 cm³/mol. The van der Waals surface area contributed by atoms with Gasteiger partial charge in [-0.3, -0.25) is 4.79 Å². The van der Waals surface area contributed by atoms with Crippen LogP contribution in [0, 0.1) is 17.7 Å². The van der Waals surface area contributed by atoms with Gasteiger partial charge in [-0.05, 0) is 30.0 Å². The zero-order valence-corrected chi connectivity index (χ0v) is 12.5. The third-order valence-electron chi connectivity index (χ3n) is 3.88. The second-order valence-electron chi connectivity index (χ2n) is 5.65. The van der Waals surface area contributed by atoms with E-state index < -0.39 is 0 Å². The van der Waals surface area contributed by atoms with E-state index in [1.807, 2.05) is 0 Å². The monoisotopic (exact) mass is 294 g/mol. The minimum Gasteiger partial charge on any atom is -0.389 e. The van der Waals surface area contributed by atoms with E-state index in [1.54, 1.807) is 17.0 Å². The molecule has 1 aliphatic rings. The summed E-state index contributed by atoms with van der Waals surface area (Å²) in [4.78, 5) is 13.9. The Balaban J connectivity index is 2.16. The molecule has 0 bridgehead atoms. The van der Waals surface area contributed by atoms with Crippen LogP contribution in [0.2, 0.25) is 0 Å². The first-order valence-corrected chi connectivity index (χ1v) is 7.15. The summed E-state index contributed by atoms with van der Waals surface area (Å²) in [7, 11) is 0. The first-order valence-electron chi connectivity index (χ1n) is 6.74. The molecule has 1 heterocycles. The highest BCUT2D eigenvalue weighted by Gasteiger charge is 2.31. The Bertz CT molecular complexity index is 545. The largest absolute Gasteiger partial charge is 0.389 e. The molecule has 2 rings (SSSR count). The fraction of sp³-hybridized carbons (Fsp3) is 0.467. The van der Waals surface area contributed by atoms with Crippen LogP contribution in [-0.2, 0) is 11.3 Å². The molecule has 0 spiro atoms. The Labute approximate surface area is 123 Å². The van der Waals surface area contributed by atoms with Crippen LogP contribution in [0.25, 0.3) is 0 Å². The number of rotatable bonds is 4. The molecular weight excluding hydrogens is 275 g/mol. The van der Waals surface area contributed by atoms with Crippen molar-refractivity contribution in [2.75, 3.05) is 6.54 Å². The quantitative estimate of drug-likeness (QED) is 0.868. The van der Waals surface area contributed by atoms with E-state index in [9.17, 15) is 9.18 Å². The van der Waals surface area contributed by atoms with Crippen LogP contribution in [0.3, 0.4) is 0 Å². The van der Waals surface area contributed by atoms with Gasteiger partial charge in [-0.2, -0.15) is 0 Å². The van der Waals surface area contributed by atoms with Crippen LogP contribution in [0.4, 0.5) is 4.39 Å². The van der Waals surface area contributed by atoms with Gasteiger partial charge >= 0.3 is 0 Å². The van der Waals surface area contributed by atoms with Crippen molar-refractivity contribution in [1.82, 2.24) is 4.90 Å². The third kappa shape index (κ3) is 3.15. The first-order chi connectivity index (χ1) is 9.38. The summed E-state index contributed by atoms with van der Waals surface area (Å²) in [6, 6.07) is 4.54. The molecule has 1 aromatic carbocycles. The lowest BCUT2D eigenvalue weighted by Crippen LogP contribution is -2.26. The molecule has 5 heteroatoms. The highest BCUT2D eigenvalue weighted by Crippen LogP contribution is 2.26. The van der Waals surface area contributed by atoms with E-state index in [2.05, 4.69) is 13.8 Å². The number of nitrogens with zero attached hydrogens (tertiary/aromatic N) is 1. The molecule has 1 aliphatic heterocycles. The van der Waals surface area contributed by atoms with Gasteiger partial charge in [0.15, 0.2) is 0 Å². The Hall–Kier alpha value is -1.49. The lowest BCUT2D eigenvalue weighted by molar-refractivity contribution is -0.128. The van der Waals surface area contributed by atoms with Gasteiger partial charge in [0.25, 0.3) is 0 Å². The molecule has 0 saturated carbocycles. The van der Waals surface area contributed by atoms with Crippen LogP contribution in [-0.4, -0.2) is 22.3 Å². The van der Waals surface area contributed by atoms with Crippen LogP contribution < -0.4 is 5.73 Å². The van der Waals surface area contributed by atoms with Crippen molar-refractivity contribution in [2.45, 2.75) is 26.8 Å². The van der Waals surface area contributed by atoms with Crippen LogP contribution in [0.5, 0.6) is 0 Å². The van der Waals surface area contributed by atoms with Gasteiger partial charge in [0.05, 0.1) is 0 Å². The summed E-state index contributed by atoms with van der Waals surface area (Å²) in [5, 5.41) is 0. The molecule has 0 radical (unpaired) electrons. The second kappa shape index (κ2) is 5.87. The molecule has 1 saturated heterocycles. The molecule has 20 heavy (non-hydrogen) atoms. The number of carbonyl (C=O) groups is 1. The van der Waals surface area contributed by atoms with E-state index in [0.29, 0.717) is 35.9 Å². The molecule has 1 fully saturated rings. The summed E-state index contributed by atoms with van der Waals surface area (Å²) >= 11 is 4.90. The van der Waals surface area contributed by atoms with Crippen molar-refractivity contribution in [2.24, 2.45) is 17.6 Å². The molecule has 108 valence electrons. The molecule has 1 amide bonds. The minimum atomic E-state index is -0.328. The van der Waals surface area contributed by atoms with Crippen LogP contribution >= 0.6 is 12.2 Å². The molecule has 0 aromatic heterocycles. The minimum absolute atomic E-state index is 0.0869. The zero-order chi connectivity index (χ0) is 14.9. The van der Waals surface area contributed by atoms with Gasteiger partial charge in [-0.15, -0.1) is 0 Å². The fourth-order valence-corrected chi connectivity index (χ4v) is 2.58. The topological polar surface area (TPSA) is 46.3 Å². The van der Waals surface area contributed by atoms with E-state index in [-0.39, 0.29) is 23.3 Å². The van der Waals surface area contributed by atoms with Gasteiger partial charge in [0.1, 0.15) is 10.8 Å². The number of hydrogen-bond donors (Lipinski definition) is 1. The Morgan fingerprint density at radius 1 is 1.55 bits per heavy atom. The smallest absolute Gasteiger partial charge is 0.223 e. The summed E-state index contributed by atoms with van der Waals surface area (Å²) in [5.74, 6) is 0.565. The van der Waals surface area contributed by atoms with E-state index in [0.717, 1.165) is 0 Å². The molecule has 1 atom stereocenters. The van der Waals surface area contributed by atoms with Gasteiger partial charge in [0.2, 0.25) is 5.91 Å². The lowest BCUT2D eigenvalue weighted by Gasteiger charge is -2.19. The number of carbonyl (C=O) groups excluding carboxylic acids is 1. The summed E-state index contributed by atoms with van der Waals surface area (Å²) in [6.07, 6.45) is 0.550. The highest BCUT2D eigenvalue weighted by molar-refractivity contribution is 7.80. The predicted octanol–water partition coefficient (Wildman–Crippen LogP) is 2.46. The Morgan fingerprint density at radius 2 is 2.25 bits per heavy atom. The van der Waals surface area contributed by atoms with Crippen LogP contribution in [0.1, 0.15) is 31.4 Å². The number of hydrogen-bond acceptors (Lipinski definition) is 2. The zero-order valence-electron chi connectivity index (χ0n) is 11.7. The average molecular weight is 294 g/mol. The van der Waals surface area contributed by atoms with Gasteiger partial charge < -0.3 is 10.6 Å². The first kappa shape index (κ1) is 14.9. The van der Waals surface area contributed by atoms with Gasteiger partial charge in [-0.25, -0.2) is 4.39 Å². The highest BCUT2D eigenvalue weighted by atomic mass is 32.1. The van der Waals surface area contributed by atoms with Crippen molar-refractivity contribution in [3.8, 4) is 0 Å². The second-order valence-corrected chi connectivity index (χ2v) is 6.09. The maximum atomic E-state index is 13.8. The van der Waals surface area contributed by atoms with Crippen molar-refractivity contribution in [1.29, 1.82) is 0 Å². The molecular formula is C15H19FN2OS. The lowest BCUT2D eigenvalue weighted by atomic mass is 9.95. The number of halogens is 1. The Kier molecular flexibility index (Phi) is 4.38. The third-order valence-corrected chi connectivity index (χ3v) is 4.11. The fourth-order valence-electron chi connectivity index (χ4n) is 2.46. The number of likely N-dealkylation sites (tertiary alicyclic amines) is 1. The number of thiocarbonyl (C=S) groups is 1. The molecule has 3 nitrogen and oxygen atoms in total. The van der Waals surface area contributed by atoms with Crippen LogP contribution in [0.15, 0.2) is 18.2 Å². The normalized spacial score (nSPS) is 18.9. The van der Waals surface area contributed by atoms with Crippen molar-refractivity contribution in [3.63, 3.8) is 0 Å². The van der Waals surface area contributed by atoms with Gasteiger partial charge in [-0.1, -0.05) is 26.1 Å². The SMILES string of the molecule is CC(C)C1CC(=O)N(Cc2cc(C(N)=S)ccc2F)C1. The van der Waals surface area contributed by atoms with E-state index in [1.165, 1.54) is 6.07 Å². The molecule has 1 aromatic rings. The number of nitrogens with two attached hydrogens (primary N) is 1. The van der Waals surface area contributed by atoms with Gasteiger partial charge in [0, 0.05) is 30.6 Å². The average Bonchev–Trinajstić information content (AvgIpc) is 2.73. The summed E-state index contributed by atoms with van der Waals surface area (Å²) in [5.41, 5.74) is 6.65. The van der Waals surface area contributed by atoms with E-state index in [4.69, 9.17) is 18.0 Å². The number of benzene rings is 1. The summed E-state index contributed by atoms with van der Waals surface area (Å²) < 4.78 is 13.8. The Morgan fingerprint density at radius 3 is 2.80 bits per heavy atom. The maximum Gasteiger partial charge on any atom is 0.223 e. The van der Waals surface area contributed by atoms with E-state index >= 15 is 0 Å². The molecule has 0 aliphatic carbocycles. The number of amides is 1. The molecule has 1 unspecified atom stereocenters. The standard InChI is InChI=1S/C15H19FN2OS/c1-9(2)11-6-14(19)18(7-11)8-12-5-10(15(17)20)3-4-13(12)16/h3-5,9,11H,6-8H2,1-2H3,(H2,17,20). The molecule has 2 N–H and O–H groups in total. The van der Waals surface area contributed by atoms with Crippen molar-refractivity contribution >= 4 is 23.1 Å². The van der Waals surface area contributed by atoms with Crippen molar-refractivity contribution in [3.05, 3.63) is 35.1 Å².